The first-order valence-electron chi connectivity index (χ1n) is 10.4. The molecule has 1 fully saturated rings. The topological polar surface area (TPSA) is 61.4 Å². The summed E-state index contributed by atoms with van der Waals surface area (Å²) in [5.74, 6) is -0.220. The fraction of sp³-hybridized carbons (Fsp3) is 0.619. The van der Waals surface area contributed by atoms with E-state index in [2.05, 4.69) is 26.8 Å². The van der Waals surface area contributed by atoms with Crippen molar-refractivity contribution in [3.63, 3.8) is 0 Å². The van der Waals surface area contributed by atoms with Gasteiger partial charge in [0.15, 0.2) is 0 Å². The molecular weight excluding hydrogens is 414 g/mol. The molecule has 1 aromatic carbocycles. The van der Waals surface area contributed by atoms with Gasteiger partial charge < -0.3 is 15.5 Å². The zero-order chi connectivity index (χ0) is 22.1. The minimum absolute atomic E-state index is 0.00316. The number of alkyl halides is 3. The van der Waals surface area contributed by atoms with E-state index in [1.54, 1.807) is 0 Å². The van der Waals surface area contributed by atoms with E-state index in [1.165, 1.54) is 6.07 Å². The molecule has 0 aromatic heterocycles. The lowest BCUT2D eigenvalue weighted by Gasteiger charge is -2.32. The Balaban J connectivity index is 1.75. The Bertz CT molecular complexity index is 720. The summed E-state index contributed by atoms with van der Waals surface area (Å²) in [7, 11) is 2.20. The highest BCUT2D eigenvalue weighted by atomic mass is 31.0. The Morgan fingerprint density at radius 3 is 2.50 bits per heavy atom. The van der Waals surface area contributed by atoms with E-state index < -0.39 is 17.6 Å². The second kappa shape index (κ2) is 11.7. The number of hydrogen-bond donors (Lipinski definition) is 2. The molecule has 1 aliphatic rings. The van der Waals surface area contributed by atoms with Crippen LogP contribution in [0, 0.1) is 5.92 Å². The average molecular weight is 445 g/mol. The van der Waals surface area contributed by atoms with Crippen molar-refractivity contribution in [3.05, 3.63) is 29.3 Å². The lowest BCUT2D eigenvalue weighted by atomic mass is 9.96. The molecule has 1 unspecified atom stereocenters. The molecule has 1 aliphatic heterocycles. The largest absolute Gasteiger partial charge is 0.416 e. The number of rotatable bonds is 9. The van der Waals surface area contributed by atoms with Crippen LogP contribution in [0.2, 0.25) is 0 Å². The number of amides is 2. The normalized spacial score (nSPS) is 15.3. The standard InChI is InChI=1S/C21H31F3N3O2P/c1-2-3-4-7-25-14-19(28)27-8-5-15(6-9-27)13-26-20(29)16-10-17(21(22,23)24)12-18(30)11-16/h10-12,15,25H,2-9,13-14,30H2,1H3,(H,26,29). The maximum Gasteiger partial charge on any atom is 0.416 e. The van der Waals surface area contributed by atoms with Crippen molar-refractivity contribution in [2.45, 2.75) is 45.2 Å². The van der Waals surface area contributed by atoms with E-state index in [0.717, 1.165) is 50.8 Å². The highest BCUT2D eigenvalue weighted by molar-refractivity contribution is 7.27. The quantitative estimate of drug-likeness (QED) is 0.454. The van der Waals surface area contributed by atoms with Crippen molar-refractivity contribution < 1.29 is 22.8 Å². The lowest BCUT2D eigenvalue weighted by molar-refractivity contribution is -0.137. The Labute approximate surface area is 178 Å². The number of carbonyl (C=O) groups is 2. The molecule has 0 aliphatic carbocycles. The number of piperidine rings is 1. The van der Waals surface area contributed by atoms with Crippen LogP contribution < -0.4 is 15.9 Å². The number of nitrogens with one attached hydrogen (secondary N) is 2. The van der Waals surface area contributed by atoms with Crippen molar-refractivity contribution >= 4 is 26.4 Å². The summed E-state index contributed by atoms with van der Waals surface area (Å²) in [5, 5.41) is 6.23. The Morgan fingerprint density at radius 1 is 1.17 bits per heavy atom. The number of nitrogens with zero attached hydrogens (tertiary/aromatic N) is 1. The number of carbonyl (C=O) groups excluding carboxylic acids is 2. The van der Waals surface area contributed by atoms with Crippen molar-refractivity contribution in [1.29, 1.82) is 0 Å². The Morgan fingerprint density at radius 2 is 1.87 bits per heavy atom. The SMILES string of the molecule is CCCCCNCC(=O)N1CCC(CNC(=O)c2cc(P)cc(C(F)(F)F)c2)CC1. The minimum atomic E-state index is -4.49. The van der Waals surface area contributed by atoms with Gasteiger partial charge in [-0.1, -0.05) is 19.8 Å². The molecule has 30 heavy (non-hydrogen) atoms. The zero-order valence-electron chi connectivity index (χ0n) is 17.4. The minimum Gasteiger partial charge on any atom is -0.352 e. The van der Waals surface area contributed by atoms with Gasteiger partial charge in [-0.3, -0.25) is 9.59 Å². The van der Waals surface area contributed by atoms with E-state index in [1.807, 2.05) is 4.90 Å². The molecule has 5 nitrogen and oxygen atoms in total. The molecule has 0 saturated carbocycles. The van der Waals surface area contributed by atoms with Crippen molar-refractivity contribution in [2.24, 2.45) is 5.92 Å². The highest BCUT2D eigenvalue weighted by Crippen LogP contribution is 2.29. The first-order chi connectivity index (χ1) is 14.2. The number of likely N-dealkylation sites (tertiary alicyclic amines) is 1. The first kappa shape index (κ1) is 24.6. The third-order valence-corrected chi connectivity index (χ3v) is 5.63. The second-order valence-corrected chi connectivity index (χ2v) is 8.43. The molecule has 0 spiro atoms. The van der Waals surface area contributed by atoms with Gasteiger partial charge in [0.2, 0.25) is 5.91 Å². The molecule has 0 radical (unpaired) electrons. The predicted octanol–water partition coefficient (Wildman–Crippen LogP) is 2.95. The Kier molecular flexibility index (Phi) is 9.56. The number of halogens is 3. The highest BCUT2D eigenvalue weighted by Gasteiger charge is 2.31. The summed E-state index contributed by atoms with van der Waals surface area (Å²) in [5.41, 5.74) is -0.841. The molecule has 0 bridgehead atoms. The van der Waals surface area contributed by atoms with Crippen molar-refractivity contribution in [2.75, 3.05) is 32.7 Å². The van der Waals surface area contributed by atoms with Gasteiger partial charge in [-0.25, -0.2) is 0 Å². The summed E-state index contributed by atoms with van der Waals surface area (Å²) in [6.07, 6.45) is 0.392. The summed E-state index contributed by atoms with van der Waals surface area (Å²) in [6, 6.07) is 3.29. The fourth-order valence-electron chi connectivity index (χ4n) is 3.48. The number of unbranched alkanes of at least 4 members (excludes halogenated alkanes) is 2. The van der Waals surface area contributed by atoms with Gasteiger partial charge in [0.05, 0.1) is 12.1 Å². The molecule has 1 saturated heterocycles. The predicted molar refractivity (Wildman–Crippen MR) is 115 cm³/mol. The smallest absolute Gasteiger partial charge is 0.352 e. The van der Waals surface area contributed by atoms with E-state index >= 15 is 0 Å². The van der Waals surface area contributed by atoms with Crippen molar-refractivity contribution in [1.82, 2.24) is 15.5 Å². The van der Waals surface area contributed by atoms with E-state index in [-0.39, 0.29) is 17.4 Å². The number of hydrogen-bond acceptors (Lipinski definition) is 3. The zero-order valence-corrected chi connectivity index (χ0v) is 18.5. The monoisotopic (exact) mass is 445 g/mol. The molecule has 9 heteroatoms. The van der Waals surface area contributed by atoms with Gasteiger partial charge in [-0.15, -0.1) is 9.24 Å². The molecular formula is C21H31F3N3O2P. The van der Waals surface area contributed by atoms with E-state index in [4.69, 9.17) is 0 Å². The van der Waals surface area contributed by atoms with Gasteiger partial charge in [0, 0.05) is 25.2 Å². The average Bonchev–Trinajstić information content (AvgIpc) is 2.71. The maximum absolute atomic E-state index is 12.9. The van der Waals surface area contributed by atoms with Gasteiger partial charge in [0.1, 0.15) is 0 Å². The third-order valence-electron chi connectivity index (χ3n) is 5.30. The molecule has 168 valence electrons. The molecule has 1 aromatic rings. The molecule has 1 atom stereocenters. The summed E-state index contributed by atoms with van der Waals surface area (Å²) < 4.78 is 38.8. The molecule has 2 rings (SSSR count). The van der Waals surface area contributed by atoms with Crippen LogP contribution in [0.25, 0.3) is 0 Å². The van der Waals surface area contributed by atoms with Crippen LogP contribution in [0.1, 0.15) is 54.9 Å². The molecule has 2 amide bonds. The second-order valence-electron chi connectivity index (χ2n) is 7.76. The maximum atomic E-state index is 12.9. The third kappa shape index (κ3) is 7.88. The van der Waals surface area contributed by atoms with Crippen LogP contribution >= 0.6 is 9.24 Å². The van der Waals surface area contributed by atoms with Gasteiger partial charge in [-0.2, -0.15) is 13.2 Å². The number of benzene rings is 1. The van der Waals surface area contributed by atoms with Crippen molar-refractivity contribution in [3.8, 4) is 0 Å². The van der Waals surface area contributed by atoms with Crippen LogP contribution in [-0.2, 0) is 11.0 Å². The van der Waals surface area contributed by atoms with E-state index in [0.29, 0.717) is 31.5 Å². The first-order valence-corrected chi connectivity index (χ1v) is 11.0. The fourth-order valence-corrected chi connectivity index (χ4v) is 3.84. The lowest BCUT2D eigenvalue weighted by Crippen LogP contribution is -2.44. The van der Waals surface area contributed by atoms with E-state index in [9.17, 15) is 22.8 Å². The summed E-state index contributed by atoms with van der Waals surface area (Å²) >= 11 is 0. The van der Waals surface area contributed by atoms with Gasteiger partial charge >= 0.3 is 6.18 Å². The van der Waals surface area contributed by atoms with Gasteiger partial charge in [-0.05, 0) is 55.2 Å². The van der Waals surface area contributed by atoms with Crippen LogP contribution in [0.15, 0.2) is 18.2 Å². The van der Waals surface area contributed by atoms with Crippen LogP contribution in [0.4, 0.5) is 13.2 Å². The Hall–Kier alpha value is -1.66. The van der Waals surface area contributed by atoms with Crippen LogP contribution in [0.3, 0.4) is 0 Å². The van der Waals surface area contributed by atoms with Gasteiger partial charge in [0.25, 0.3) is 5.91 Å². The van der Waals surface area contributed by atoms with Crippen LogP contribution in [0.5, 0.6) is 0 Å². The summed E-state index contributed by atoms with van der Waals surface area (Å²) in [4.78, 5) is 26.4. The molecule has 2 N–H and O–H groups in total. The van der Waals surface area contributed by atoms with Crippen LogP contribution in [-0.4, -0.2) is 49.4 Å². The molecule has 1 heterocycles. The summed E-state index contributed by atoms with van der Waals surface area (Å²) in [6.45, 7) is 4.98.